The number of carbonyl (C=O) groups excluding carboxylic acids is 2. The van der Waals surface area contributed by atoms with E-state index < -0.39 is 0 Å². The molecule has 2 saturated heterocycles. The summed E-state index contributed by atoms with van der Waals surface area (Å²) >= 11 is 7.55. The first-order chi connectivity index (χ1) is 12.1. The molecule has 0 atom stereocenters. The Kier molecular flexibility index (Phi) is 6.65. The standard InChI is InChI=1S/C19H25ClN2O2S/c20-16-3-5-17(6-4-16)25-14-9-18(23)21-12-7-15(8-13-21)19(24)22-10-1-2-11-22/h3-6,15H,1-2,7-14H2. The summed E-state index contributed by atoms with van der Waals surface area (Å²) in [4.78, 5) is 29.9. The van der Waals surface area contributed by atoms with Crippen LogP contribution in [-0.2, 0) is 9.59 Å². The third-order valence-electron chi connectivity index (χ3n) is 5.01. The lowest BCUT2D eigenvalue weighted by Crippen LogP contribution is -2.43. The zero-order valence-electron chi connectivity index (χ0n) is 14.5. The number of piperidine rings is 1. The lowest BCUT2D eigenvalue weighted by molar-refractivity contribution is -0.139. The molecule has 0 unspecified atom stereocenters. The highest BCUT2D eigenvalue weighted by Crippen LogP contribution is 2.24. The Balaban J connectivity index is 1.37. The molecular formula is C19H25ClN2O2S. The third kappa shape index (κ3) is 5.14. The van der Waals surface area contributed by atoms with Crippen LogP contribution in [0.4, 0.5) is 0 Å². The summed E-state index contributed by atoms with van der Waals surface area (Å²) in [5.74, 6) is 1.40. The first-order valence-electron chi connectivity index (χ1n) is 9.08. The number of halogens is 1. The molecule has 0 aromatic heterocycles. The van der Waals surface area contributed by atoms with Gasteiger partial charge in [0, 0.05) is 54.2 Å². The van der Waals surface area contributed by atoms with Crippen molar-refractivity contribution in [1.29, 1.82) is 0 Å². The fourth-order valence-electron chi connectivity index (χ4n) is 3.52. The molecule has 2 amide bonds. The number of benzene rings is 1. The van der Waals surface area contributed by atoms with Crippen LogP contribution in [0.25, 0.3) is 0 Å². The van der Waals surface area contributed by atoms with Gasteiger partial charge >= 0.3 is 0 Å². The van der Waals surface area contributed by atoms with Gasteiger partial charge in [0.05, 0.1) is 0 Å². The highest BCUT2D eigenvalue weighted by atomic mass is 35.5. The summed E-state index contributed by atoms with van der Waals surface area (Å²) in [6, 6.07) is 7.70. The largest absolute Gasteiger partial charge is 0.343 e. The maximum Gasteiger partial charge on any atom is 0.225 e. The molecule has 0 aliphatic carbocycles. The molecule has 6 heteroatoms. The third-order valence-corrected chi connectivity index (χ3v) is 6.28. The Morgan fingerprint density at radius 2 is 1.64 bits per heavy atom. The lowest BCUT2D eigenvalue weighted by atomic mass is 9.95. The van der Waals surface area contributed by atoms with Gasteiger partial charge < -0.3 is 9.80 Å². The molecule has 4 nitrogen and oxygen atoms in total. The Labute approximate surface area is 158 Å². The average molecular weight is 381 g/mol. The Morgan fingerprint density at radius 1 is 1.00 bits per heavy atom. The predicted octanol–water partition coefficient (Wildman–Crippen LogP) is 3.68. The van der Waals surface area contributed by atoms with Gasteiger partial charge in [-0.3, -0.25) is 9.59 Å². The van der Waals surface area contributed by atoms with E-state index in [4.69, 9.17) is 11.6 Å². The van der Waals surface area contributed by atoms with Crippen LogP contribution in [-0.4, -0.2) is 53.5 Å². The van der Waals surface area contributed by atoms with E-state index in [1.807, 2.05) is 34.1 Å². The molecule has 2 fully saturated rings. The normalized spacial score (nSPS) is 18.6. The topological polar surface area (TPSA) is 40.6 Å². The Morgan fingerprint density at radius 3 is 2.28 bits per heavy atom. The molecule has 0 saturated carbocycles. The van der Waals surface area contributed by atoms with Crippen LogP contribution >= 0.6 is 23.4 Å². The molecule has 3 rings (SSSR count). The monoisotopic (exact) mass is 380 g/mol. The minimum Gasteiger partial charge on any atom is -0.343 e. The zero-order chi connectivity index (χ0) is 17.6. The number of rotatable bonds is 5. The summed E-state index contributed by atoms with van der Waals surface area (Å²) in [7, 11) is 0. The van der Waals surface area contributed by atoms with Crippen molar-refractivity contribution >= 4 is 35.2 Å². The van der Waals surface area contributed by atoms with E-state index in [9.17, 15) is 9.59 Å². The van der Waals surface area contributed by atoms with E-state index >= 15 is 0 Å². The minimum absolute atomic E-state index is 0.116. The van der Waals surface area contributed by atoms with Gasteiger partial charge in [0.15, 0.2) is 0 Å². The summed E-state index contributed by atoms with van der Waals surface area (Å²) in [5.41, 5.74) is 0. The molecule has 2 aliphatic rings. The number of nitrogens with zero attached hydrogens (tertiary/aromatic N) is 2. The van der Waals surface area contributed by atoms with Crippen LogP contribution in [0.3, 0.4) is 0 Å². The molecule has 2 heterocycles. The number of hydrogen-bond donors (Lipinski definition) is 0. The highest BCUT2D eigenvalue weighted by molar-refractivity contribution is 7.99. The van der Waals surface area contributed by atoms with Crippen LogP contribution in [0.2, 0.25) is 5.02 Å². The first kappa shape index (κ1) is 18.6. The van der Waals surface area contributed by atoms with Crippen molar-refractivity contribution in [2.45, 2.75) is 37.0 Å². The van der Waals surface area contributed by atoms with Crippen molar-refractivity contribution in [1.82, 2.24) is 9.80 Å². The molecular weight excluding hydrogens is 356 g/mol. The number of amides is 2. The van der Waals surface area contributed by atoms with Gasteiger partial charge in [0.25, 0.3) is 0 Å². The summed E-state index contributed by atoms with van der Waals surface area (Å²) in [5, 5.41) is 0.728. The highest BCUT2D eigenvalue weighted by Gasteiger charge is 2.30. The molecule has 2 aliphatic heterocycles. The summed E-state index contributed by atoms with van der Waals surface area (Å²) < 4.78 is 0. The molecule has 0 radical (unpaired) electrons. The van der Waals surface area contributed by atoms with Gasteiger partial charge in [0.1, 0.15) is 0 Å². The quantitative estimate of drug-likeness (QED) is 0.731. The van der Waals surface area contributed by atoms with E-state index in [0.717, 1.165) is 54.4 Å². The van der Waals surface area contributed by atoms with E-state index in [1.165, 1.54) is 0 Å². The predicted molar refractivity (Wildman–Crippen MR) is 102 cm³/mol. The van der Waals surface area contributed by atoms with Crippen molar-refractivity contribution in [3.05, 3.63) is 29.3 Å². The van der Waals surface area contributed by atoms with Crippen LogP contribution in [0.1, 0.15) is 32.1 Å². The van der Waals surface area contributed by atoms with Crippen molar-refractivity contribution < 1.29 is 9.59 Å². The lowest BCUT2D eigenvalue weighted by Gasteiger charge is -2.33. The second-order valence-electron chi connectivity index (χ2n) is 6.74. The molecule has 0 spiro atoms. The maximum absolute atomic E-state index is 12.4. The van der Waals surface area contributed by atoms with E-state index in [0.29, 0.717) is 25.4 Å². The number of carbonyl (C=O) groups is 2. The van der Waals surface area contributed by atoms with E-state index in [1.54, 1.807) is 11.8 Å². The van der Waals surface area contributed by atoms with Crippen molar-refractivity contribution in [3.63, 3.8) is 0 Å². The summed E-state index contributed by atoms with van der Waals surface area (Å²) in [6.45, 7) is 3.27. The van der Waals surface area contributed by atoms with Gasteiger partial charge in [-0.25, -0.2) is 0 Å². The van der Waals surface area contributed by atoms with Crippen molar-refractivity contribution in [3.8, 4) is 0 Å². The zero-order valence-corrected chi connectivity index (χ0v) is 16.0. The van der Waals surface area contributed by atoms with E-state index in [2.05, 4.69) is 0 Å². The van der Waals surface area contributed by atoms with Gasteiger partial charge in [0.2, 0.25) is 11.8 Å². The molecule has 25 heavy (non-hydrogen) atoms. The fourth-order valence-corrected chi connectivity index (χ4v) is 4.48. The number of hydrogen-bond acceptors (Lipinski definition) is 3. The van der Waals surface area contributed by atoms with Gasteiger partial charge in [-0.2, -0.15) is 0 Å². The van der Waals surface area contributed by atoms with Crippen molar-refractivity contribution in [2.24, 2.45) is 5.92 Å². The maximum atomic E-state index is 12.4. The van der Waals surface area contributed by atoms with Crippen LogP contribution < -0.4 is 0 Å². The fraction of sp³-hybridized carbons (Fsp3) is 0.579. The van der Waals surface area contributed by atoms with Crippen LogP contribution in [0.15, 0.2) is 29.2 Å². The second-order valence-corrected chi connectivity index (χ2v) is 8.34. The Bertz CT molecular complexity index is 594. The van der Waals surface area contributed by atoms with Crippen molar-refractivity contribution in [2.75, 3.05) is 31.9 Å². The Hall–Kier alpha value is -1.20. The van der Waals surface area contributed by atoms with Crippen LogP contribution in [0.5, 0.6) is 0 Å². The molecule has 1 aromatic carbocycles. The van der Waals surface area contributed by atoms with Gasteiger partial charge in [-0.05, 0) is 49.9 Å². The molecule has 0 N–H and O–H groups in total. The second kappa shape index (κ2) is 8.95. The van der Waals surface area contributed by atoms with Gasteiger partial charge in [-0.15, -0.1) is 11.8 Å². The van der Waals surface area contributed by atoms with Crippen LogP contribution in [0, 0.1) is 5.92 Å². The molecule has 136 valence electrons. The first-order valence-corrected chi connectivity index (χ1v) is 10.4. The summed E-state index contributed by atoms with van der Waals surface area (Å²) in [6.07, 6.45) is 4.43. The van der Waals surface area contributed by atoms with Gasteiger partial charge in [-0.1, -0.05) is 11.6 Å². The number of thioether (sulfide) groups is 1. The molecule has 1 aromatic rings. The average Bonchev–Trinajstić information content (AvgIpc) is 3.17. The minimum atomic E-state index is 0.116. The SMILES string of the molecule is O=C(CCSc1ccc(Cl)cc1)N1CCC(C(=O)N2CCCC2)CC1. The smallest absolute Gasteiger partial charge is 0.225 e. The van der Waals surface area contributed by atoms with E-state index in [-0.39, 0.29) is 11.8 Å². The molecule has 0 bridgehead atoms. The number of likely N-dealkylation sites (tertiary alicyclic amines) is 2.